The first-order valence-electron chi connectivity index (χ1n) is 7.09. The molecule has 1 aromatic heterocycles. The minimum absolute atomic E-state index is 0.753. The van der Waals surface area contributed by atoms with E-state index in [1.807, 2.05) is 24.4 Å². The average Bonchev–Trinajstić information content (AvgIpc) is 2.46. The molecule has 0 atom stereocenters. The molecule has 3 nitrogen and oxygen atoms in total. The van der Waals surface area contributed by atoms with Crippen LogP contribution in [0.5, 0.6) is 5.75 Å². The number of pyridine rings is 1. The predicted molar refractivity (Wildman–Crippen MR) is 79.6 cm³/mol. The Hall–Kier alpha value is -1.61. The van der Waals surface area contributed by atoms with Gasteiger partial charge >= 0.3 is 0 Å². The van der Waals surface area contributed by atoms with Crippen molar-refractivity contribution in [2.75, 3.05) is 19.7 Å². The van der Waals surface area contributed by atoms with Gasteiger partial charge in [-0.05, 0) is 44.5 Å². The van der Waals surface area contributed by atoms with Crippen LogP contribution in [0, 0.1) is 0 Å². The Bertz CT molecular complexity index is 494. The van der Waals surface area contributed by atoms with Crippen LogP contribution in [0.1, 0.15) is 26.2 Å². The highest BCUT2D eigenvalue weighted by molar-refractivity contribution is 5.84. The summed E-state index contributed by atoms with van der Waals surface area (Å²) in [6, 6.07) is 10.1. The van der Waals surface area contributed by atoms with Gasteiger partial charge in [0.2, 0.25) is 0 Å². The molecule has 1 heterocycles. The van der Waals surface area contributed by atoms with Crippen LogP contribution in [0.15, 0.2) is 36.5 Å². The van der Waals surface area contributed by atoms with Crippen molar-refractivity contribution in [2.24, 2.45) is 0 Å². The van der Waals surface area contributed by atoms with E-state index in [4.69, 9.17) is 4.74 Å². The van der Waals surface area contributed by atoms with E-state index in [-0.39, 0.29) is 0 Å². The number of rotatable bonds is 8. The molecule has 0 radical (unpaired) electrons. The Kier molecular flexibility index (Phi) is 5.63. The molecule has 0 unspecified atom stereocenters. The van der Waals surface area contributed by atoms with E-state index in [9.17, 15) is 0 Å². The fraction of sp³-hybridized carbons (Fsp3) is 0.438. The second-order valence-electron chi connectivity index (χ2n) is 4.64. The predicted octanol–water partition coefficient (Wildman–Crippen LogP) is 3.39. The largest absolute Gasteiger partial charge is 0.491 e. The summed E-state index contributed by atoms with van der Waals surface area (Å²) < 4.78 is 5.84. The molecule has 0 saturated heterocycles. The minimum Gasteiger partial charge on any atom is -0.491 e. The number of nitrogens with zero attached hydrogens (tertiary/aromatic N) is 1. The topological polar surface area (TPSA) is 34.1 Å². The van der Waals surface area contributed by atoms with Crippen LogP contribution in [0.25, 0.3) is 10.9 Å². The first-order valence-corrected chi connectivity index (χ1v) is 7.09. The molecule has 0 saturated carbocycles. The van der Waals surface area contributed by atoms with E-state index in [0.717, 1.165) is 49.2 Å². The van der Waals surface area contributed by atoms with Gasteiger partial charge in [-0.3, -0.25) is 4.98 Å². The lowest BCUT2D eigenvalue weighted by atomic mass is 10.2. The minimum atomic E-state index is 0.753. The van der Waals surface area contributed by atoms with E-state index in [1.165, 1.54) is 6.42 Å². The van der Waals surface area contributed by atoms with Crippen molar-refractivity contribution in [2.45, 2.75) is 26.2 Å². The first-order chi connectivity index (χ1) is 9.42. The molecule has 0 spiro atoms. The lowest BCUT2D eigenvalue weighted by Crippen LogP contribution is -2.16. The third-order valence-corrected chi connectivity index (χ3v) is 3.03. The molecular formula is C16H22N2O. The van der Waals surface area contributed by atoms with E-state index in [0.29, 0.717) is 0 Å². The summed E-state index contributed by atoms with van der Waals surface area (Å²) in [5.41, 5.74) is 0.953. The molecule has 0 bridgehead atoms. The van der Waals surface area contributed by atoms with Crippen LogP contribution >= 0.6 is 0 Å². The van der Waals surface area contributed by atoms with Crippen molar-refractivity contribution in [3.63, 3.8) is 0 Å². The molecule has 2 rings (SSSR count). The molecule has 1 aromatic carbocycles. The Morgan fingerprint density at radius 3 is 2.89 bits per heavy atom. The summed E-state index contributed by atoms with van der Waals surface area (Å²) in [6.45, 7) is 5.12. The van der Waals surface area contributed by atoms with Crippen LogP contribution in [-0.2, 0) is 0 Å². The zero-order chi connectivity index (χ0) is 13.3. The van der Waals surface area contributed by atoms with Crippen LogP contribution in [0.4, 0.5) is 0 Å². The number of aromatic nitrogens is 1. The Morgan fingerprint density at radius 2 is 2.00 bits per heavy atom. The molecule has 0 fully saturated rings. The monoisotopic (exact) mass is 258 g/mol. The number of benzene rings is 1. The quantitative estimate of drug-likeness (QED) is 0.737. The Labute approximate surface area is 115 Å². The van der Waals surface area contributed by atoms with E-state index in [1.54, 1.807) is 0 Å². The highest BCUT2D eigenvalue weighted by Gasteiger charge is 2.01. The summed E-state index contributed by atoms with van der Waals surface area (Å²) in [6.07, 6.45) is 5.22. The summed E-state index contributed by atoms with van der Waals surface area (Å²) in [5, 5.41) is 4.52. The number of para-hydroxylation sites is 1. The van der Waals surface area contributed by atoms with Crippen LogP contribution in [-0.4, -0.2) is 24.7 Å². The molecule has 19 heavy (non-hydrogen) atoms. The van der Waals surface area contributed by atoms with Gasteiger partial charge < -0.3 is 10.1 Å². The van der Waals surface area contributed by atoms with Crippen molar-refractivity contribution in [3.8, 4) is 5.75 Å². The maximum Gasteiger partial charge on any atom is 0.145 e. The number of hydrogen-bond acceptors (Lipinski definition) is 3. The number of hydrogen-bond donors (Lipinski definition) is 1. The molecular weight excluding hydrogens is 236 g/mol. The SMILES string of the molecule is CCCNCCCCOc1cccc2cccnc12. The van der Waals surface area contributed by atoms with Gasteiger partial charge in [-0.1, -0.05) is 25.1 Å². The Morgan fingerprint density at radius 1 is 1.11 bits per heavy atom. The fourth-order valence-electron chi connectivity index (χ4n) is 2.03. The lowest BCUT2D eigenvalue weighted by molar-refractivity contribution is 0.309. The maximum absolute atomic E-state index is 5.84. The third-order valence-electron chi connectivity index (χ3n) is 3.03. The standard InChI is InChI=1S/C16H22N2O/c1-2-10-17-11-3-4-13-19-15-9-5-7-14-8-6-12-18-16(14)15/h5-9,12,17H,2-4,10-11,13H2,1H3. The zero-order valence-corrected chi connectivity index (χ0v) is 11.6. The van der Waals surface area contributed by atoms with E-state index in [2.05, 4.69) is 29.4 Å². The highest BCUT2D eigenvalue weighted by Crippen LogP contribution is 2.22. The molecule has 0 aliphatic carbocycles. The third kappa shape index (κ3) is 4.21. The van der Waals surface area contributed by atoms with Crippen molar-refractivity contribution >= 4 is 10.9 Å². The number of nitrogens with one attached hydrogen (secondary N) is 1. The van der Waals surface area contributed by atoms with Gasteiger partial charge in [-0.15, -0.1) is 0 Å². The number of unbranched alkanes of at least 4 members (excludes halogenated alkanes) is 1. The van der Waals surface area contributed by atoms with Gasteiger partial charge in [0.15, 0.2) is 0 Å². The van der Waals surface area contributed by atoms with Gasteiger partial charge in [-0.25, -0.2) is 0 Å². The first kappa shape index (κ1) is 13.8. The van der Waals surface area contributed by atoms with Crippen molar-refractivity contribution < 1.29 is 4.74 Å². The van der Waals surface area contributed by atoms with Crippen LogP contribution in [0.2, 0.25) is 0 Å². The van der Waals surface area contributed by atoms with Gasteiger partial charge in [0.05, 0.1) is 6.61 Å². The van der Waals surface area contributed by atoms with Crippen LogP contribution in [0.3, 0.4) is 0 Å². The van der Waals surface area contributed by atoms with Crippen LogP contribution < -0.4 is 10.1 Å². The van der Waals surface area contributed by atoms with Gasteiger partial charge in [0.1, 0.15) is 11.3 Å². The summed E-state index contributed by atoms with van der Waals surface area (Å²) in [7, 11) is 0. The molecule has 0 aliphatic heterocycles. The molecule has 3 heteroatoms. The molecule has 0 aliphatic rings. The Balaban J connectivity index is 1.78. The second kappa shape index (κ2) is 7.74. The summed E-state index contributed by atoms with van der Waals surface area (Å²) in [5.74, 6) is 0.889. The molecule has 102 valence electrons. The van der Waals surface area contributed by atoms with Crippen molar-refractivity contribution in [1.82, 2.24) is 10.3 Å². The maximum atomic E-state index is 5.84. The fourth-order valence-corrected chi connectivity index (χ4v) is 2.03. The lowest BCUT2D eigenvalue weighted by Gasteiger charge is -2.08. The number of fused-ring (bicyclic) bond motifs is 1. The normalized spacial score (nSPS) is 10.8. The van der Waals surface area contributed by atoms with Crippen molar-refractivity contribution in [3.05, 3.63) is 36.5 Å². The summed E-state index contributed by atoms with van der Waals surface area (Å²) in [4.78, 5) is 4.38. The smallest absolute Gasteiger partial charge is 0.145 e. The molecule has 0 amide bonds. The van der Waals surface area contributed by atoms with E-state index >= 15 is 0 Å². The van der Waals surface area contributed by atoms with Gasteiger partial charge in [0, 0.05) is 11.6 Å². The van der Waals surface area contributed by atoms with Crippen molar-refractivity contribution in [1.29, 1.82) is 0 Å². The number of ether oxygens (including phenoxy) is 1. The molecule has 2 aromatic rings. The molecule has 1 N–H and O–H groups in total. The summed E-state index contributed by atoms with van der Waals surface area (Å²) >= 11 is 0. The van der Waals surface area contributed by atoms with Gasteiger partial charge in [0.25, 0.3) is 0 Å². The zero-order valence-electron chi connectivity index (χ0n) is 11.6. The van der Waals surface area contributed by atoms with E-state index < -0.39 is 0 Å². The van der Waals surface area contributed by atoms with Gasteiger partial charge in [-0.2, -0.15) is 0 Å². The average molecular weight is 258 g/mol. The highest BCUT2D eigenvalue weighted by atomic mass is 16.5. The second-order valence-corrected chi connectivity index (χ2v) is 4.64.